The maximum Gasteiger partial charge on any atom is 0.338 e. The van der Waals surface area contributed by atoms with Crippen molar-refractivity contribution in [3.8, 4) is 0 Å². The molecular weight excluding hydrogens is 300 g/mol. The number of Topliss-reactive ketones (excluding diaryl/α,β-unsaturated/α-hetero) is 1. The normalized spacial score (nSPS) is 23.4. The van der Waals surface area contributed by atoms with Crippen LogP contribution in [-0.2, 0) is 20.7 Å². The fraction of sp³-hybridized carbons (Fsp3) is 0.647. The van der Waals surface area contributed by atoms with Crippen molar-refractivity contribution in [2.75, 3.05) is 0 Å². The topological polar surface area (TPSA) is 66.9 Å². The molecule has 1 aliphatic heterocycles. The summed E-state index contributed by atoms with van der Waals surface area (Å²) in [7, 11) is 0. The van der Waals surface area contributed by atoms with Gasteiger partial charge in [-0.05, 0) is 48.1 Å². The van der Waals surface area contributed by atoms with E-state index < -0.39 is 11.6 Å². The van der Waals surface area contributed by atoms with E-state index in [9.17, 15) is 14.7 Å². The molecule has 2 rings (SSSR count). The number of epoxide rings is 1. The standard InChI is InChI=1S/C17H24O4S/c1-2-15-17(21-15,16(19)20)9-6-4-3-5-7-14(18)11-13-8-10-22-12-13/h8,10,12,15H,2-7,9,11H2,1H3,(H,19,20). The fourth-order valence-electron chi connectivity index (χ4n) is 2.92. The van der Waals surface area contributed by atoms with Crippen LogP contribution in [0.5, 0.6) is 0 Å². The highest BCUT2D eigenvalue weighted by Crippen LogP contribution is 2.43. The van der Waals surface area contributed by atoms with E-state index in [2.05, 4.69) is 0 Å². The SMILES string of the molecule is CCC1OC1(CCCCCCC(=O)Cc1ccsc1)C(=O)O. The van der Waals surface area contributed by atoms with Crippen molar-refractivity contribution in [3.63, 3.8) is 0 Å². The molecule has 1 N–H and O–H groups in total. The Labute approximate surface area is 135 Å². The third-order valence-electron chi connectivity index (χ3n) is 4.28. The second-order valence-electron chi connectivity index (χ2n) is 5.97. The van der Waals surface area contributed by atoms with Gasteiger partial charge >= 0.3 is 5.97 Å². The van der Waals surface area contributed by atoms with Crippen LogP contribution in [0.15, 0.2) is 16.8 Å². The monoisotopic (exact) mass is 324 g/mol. The first-order chi connectivity index (χ1) is 10.6. The molecule has 0 aromatic carbocycles. The van der Waals surface area contributed by atoms with Gasteiger partial charge in [-0.1, -0.05) is 19.8 Å². The molecule has 0 spiro atoms. The van der Waals surface area contributed by atoms with Crippen LogP contribution in [0.1, 0.15) is 57.4 Å². The van der Waals surface area contributed by atoms with Crippen molar-refractivity contribution in [1.82, 2.24) is 0 Å². The molecule has 0 saturated carbocycles. The van der Waals surface area contributed by atoms with Crippen molar-refractivity contribution in [2.24, 2.45) is 0 Å². The van der Waals surface area contributed by atoms with Gasteiger partial charge in [-0.15, -0.1) is 0 Å². The average molecular weight is 324 g/mol. The first-order valence-corrected chi connectivity index (χ1v) is 8.96. The molecule has 1 fully saturated rings. The maximum absolute atomic E-state index is 11.8. The Kier molecular flexibility index (Phi) is 6.15. The molecule has 122 valence electrons. The number of carbonyl (C=O) groups is 2. The van der Waals surface area contributed by atoms with Gasteiger partial charge in [0.25, 0.3) is 0 Å². The predicted molar refractivity (Wildman–Crippen MR) is 86.3 cm³/mol. The molecule has 0 bridgehead atoms. The lowest BCUT2D eigenvalue weighted by molar-refractivity contribution is -0.143. The summed E-state index contributed by atoms with van der Waals surface area (Å²) >= 11 is 1.62. The molecule has 1 aliphatic rings. The number of rotatable bonds is 11. The van der Waals surface area contributed by atoms with Gasteiger partial charge in [0.1, 0.15) is 5.78 Å². The highest BCUT2D eigenvalue weighted by molar-refractivity contribution is 7.07. The van der Waals surface area contributed by atoms with E-state index in [0.29, 0.717) is 19.3 Å². The molecule has 0 amide bonds. The van der Waals surface area contributed by atoms with Crippen molar-refractivity contribution in [1.29, 1.82) is 0 Å². The van der Waals surface area contributed by atoms with E-state index >= 15 is 0 Å². The Morgan fingerprint density at radius 3 is 2.68 bits per heavy atom. The molecule has 0 aliphatic carbocycles. The Morgan fingerprint density at radius 1 is 1.32 bits per heavy atom. The highest BCUT2D eigenvalue weighted by atomic mass is 32.1. The van der Waals surface area contributed by atoms with Crippen LogP contribution in [0.4, 0.5) is 0 Å². The number of carbonyl (C=O) groups excluding carboxylic acids is 1. The lowest BCUT2D eigenvalue weighted by Crippen LogP contribution is -2.26. The average Bonchev–Trinajstić information content (AvgIpc) is 3.00. The lowest BCUT2D eigenvalue weighted by Gasteiger charge is -2.07. The van der Waals surface area contributed by atoms with Gasteiger partial charge in [0.05, 0.1) is 6.10 Å². The molecule has 0 radical (unpaired) electrons. The minimum absolute atomic E-state index is 0.114. The number of hydrogen-bond acceptors (Lipinski definition) is 4. The van der Waals surface area contributed by atoms with Gasteiger partial charge in [-0.25, -0.2) is 4.79 Å². The lowest BCUT2D eigenvalue weighted by atomic mass is 9.95. The van der Waals surface area contributed by atoms with Gasteiger partial charge in [-0.3, -0.25) is 4.79 Å². The number of unbranched alkanes of at least 4 members (excludes halogenated alkanes) is 3. The number of ketones is 1. The summed E-state index contributed by atoms with van der Waals surface area (Å²) in [5, 5.41) is 13.2. The van der Waals surface area contributed by atoms with Crippen LogP contribution in [0.2, 0.25) is 0 Å². The Hall–Kier alpha value is -1.20. The van der Waals surface area contributed by atoms with Gasteiger partial charge < -0.3 is 9.84 Å². The molecular formula is C17H24O4S. The van der Waals surface area contributed by atoms with Crippen LogP contribution in [0, 0.1) is 0 Å². The smallest absolute Gasteiger partial charge is 0.338 e. The van der Waals surface area contributed by atoms with E-state index in [1.165, 1.54) is 0 Å². The number of carboxylic acids is 1. The third kappa shape index (κ3) is 4.40. The van der Waals surface area contributed by atoms with Crippen LogP contribution >= 0.6 is 11.3 Å². The second kappa shape index (κ2) is 7.88. The van der Waals surface area contributed by atoms with E-state index in [0.717, 1.165) is 37.7 Å². The zero-order valence-corrected chi connectivity index (χ0v) is 13.9. The summed E-state index contributed by atoms with van der Waals surface area (Å²) in [5.74, 6) is -0.540. The number of hydrogen-bond donors (Lipinski definition) is 1. The highest BCUT2D eigenvalue weighted by Gasteiger charge is 2.61. The summed E-state index contributed by atoms with van der Waals surface area (Å²) in [6.07, 6.45) is 6.06. The van der Waals surface area contributed by atoms with Gasteiger partial charge in [0.15, 0.2) is 5.60 Å². The summed E-state index contributed by atoms with van der Waals surface area (Å²) < 4.78 is 5.37. The number of ether oxygens (including phenoxy) is 1. The zero-order valence-electron chi connectivity index (χ0n) is 13.0. The summed E-state index contributed by atoms with van der Waals surface area (Å²) in [6, 6.07) is 1.99. The van der Waals surface area contributed by atoms with Crippen LogP contribution in [0.3, 0.4) is 0 Å². The van der Waals surface area contributed by atoms with E-state index in [1.807, 2.05) is 23.8 Å². The molecule has 2 atom stereocenters. The Morgan fingerprint density at radius 2 is 2.09 bits per heavy atom. The van der Waals surface area contributed by atoms with E-state index in [-0.39, 0.29) is 11.9 Å². The zero-order chi connectivity index (χ0) is 16.0. The van der Waals surface area contributed by atoms with Gasteiger partial charge in [0, 0.05) is 12.8 Å². The van der Waals surface area contributed by atoms with Gasteiger partial charge in [-0.2, -0.15) is 11.3 Å². The molecule has 2 unspecified atom stereocenters. The fourth-order valence-corrected chi connectivity index (χ4v) is 3.59. The summed E-state index contributed by atoms with van der Waals surface area (Å²) in [6.45, 7) is 1.95. The third-order valence-corrected chi connectivity index (χ3v) is 5.02. The molecule has 1 aromatic rings. The van der Waals surface area contributed by atoms with Crippen molar-refractivity contribution in [3.05, 3.63) is 22.4 Å². The number of thiophene rings is 1. The van der Waals surface area contributed by atoms with Crippen molar-refractivity contribution < 1.29 is 19.4 Å². The van der Waals surface area contributed by atoms with Gasteiger partial charge in [0.2, 0.25) is 0 Å². The van der Waals surface area contributed by atoms with Crippen LogP contribution < -0.4 is 0 Å². The van der Waals surface area contributed by atoms with Crippen LogP contribution in [-0.4, -0.2) is 28.6 Å². The minimum Gasteiger partial charge on any atom is -0.479 e. The quantitative estimate of drug-likeness (QED) is 0.496. The first kappa shape index (κ1) is 17.2. The Bertz CT molecular complexity index is 497. The maximum atomic E-state index is 11.8. The Balaban J connectivity index is 1.54. The van der Waals surface area contributed by atoms with Crippen molar-refractivity contribution in [2.45, 2.75) is 70.0 Å². The molecule has 1 saturated heterocycles. The van der Waals surface area contributed by atoms with E-state index in [1.54, 1.807) is 11.3 Å². The van der Waals surface area contributed by atoms with Crippen LogP contribution in [0.25, 0.3) is 0 Å². The molecule has 4 nitrogen and oxygen atoms in total. The molecule has 1 aromatic heterocycles. The van der Waals surface area contributed by atoms with E-state index in [4.69, 9.17) is 4.74 Å². The molecule has 5 heteroatoms. The van der Waals surface area contributed by atoms with Crippen molar-refractivity contribution >= 4 is 23.1 Å². The number of aliphatic carboxylic acids is 1. The summed E-state index contributed by atoms with van der Waals surface area (Å²) in [4.78, 5) is 23.0. The molecule has 22 heavy (non-hydrogen) atoms. The molecule has 2 heterocycles. The largest absolute Gasteiger partial charge is 0.479 e. The second-order valence-corrected chi connectivity index (χ2v) is 6.75. The summed E-state index contributed by atoms with van der Waals surface area (Å²) in [5.41, 5.74) is 0.193. The first-order valence-electron chi connectivity index (χ1n) is 8.02. The minimum atomic E-state index is -0.913. The predicted octanol–water partition coefficient (Wildman–Crippen LogP) is 3.83. The number of carboxylic acid groups (broad SMARTS) is 1.